The largest absolute Gasteiger partial charge is 0.373 e. The maximum atomic E-state index is 11.5. The molecule has 18 heavy (non-hydrogen) atoms. The number of nitrogens with one attached hydrogen (secondary N) is 2. The summed E-state index contributed by atoms with van der Waals surface area (Å²) in [7, 11) is 0. The molecule has 1 aliphatic heterocycles. The van der Waals surface area contributed by atoms with Crippen LogP contribution in [-0.4, -0.2) is 17.9 Å². The Morgan fingerprint density at radius 2 is 1.83 bits per heavy atom. The first-order chi connectivity index (χ1) is 8.72. The van der Waals surface area contributed by atoms with Gasteiger partial charge in [-0.05, 0) is 22.9 Å². The highest BCUT2D eigenvalue weighted by atomic mass is 16.2. The van der Waals surface area contributed by atoms with Crippen molar-refractivity contribution in [2.75, 3.05) is 5.32 Å². The van der Waals surface area contributed by atoms with Crippen molar-refractivity contribution in [3.8, 4) is 0 Å². The molecule has 2 N–H and O–H groups in total. The third-order valence-electron chi connectivity index (χ3n) is 3.06. The zero-order valence-electron chi connectivity index (χ0n) is 9.64. The van der Waals surface area contributed by atoms with Crippen LogP contribution in [0.4, 0.5) is 5.69 Å². The molecule has 1 fully saturated rings. The predicted molar refractivity (Wildman–Crippen MR) is 69.1 cm³/mol. The molecule has 1 saturated heterocycles. The van der Waals surface area contributed by atoms with Crippen molar-refractivity contribution >= 4 is 28.3 Å². The van der Waals surface area contributed by atoms with Crippen molar-refractivity contribution in [1.29, 1.82) is 0 Å². The first-order valence-corrected chi connectivity index (χ1v) is 5.81. The molecule has 0 aromatic heterocycles. The summed E-state index contributed by atoms with van der Waals surface area (Å²) in [6, 6.07) is 13.4. The van der Waals surface area contributed by atoms with Gasteiger partial charge in [-0.3, -0.25) is 14.9 Å². The Bertz CT molecular complexity index is 636. The zero-order valence-corrected chi connectivity index (χ0v) is 9.64. The van der Waals surface area contributed by atoms with Gasteiger partial charge in [0.15, 0.2) is 0 Å². The van der Waals surface area contributed by atoms with Gasteiger partial charge in [0.05, 0.1) is 6.42 Å². The Labute approximate surface area is 104 Å². The second-order valence-electron chi connectivity index (χ2n) is 4.38. The number of hydrogen-bond donors (Lipinski definition) is 2. The van der Waals surface area contributed by atoms with Gasteiger partial charge in [-0.25, -0.2) is 0 Å². The minimum absolute atomic E-state index is 0.200. The molecular weight excluding hydrogens is 228 g/mol. The minimum atomic E-state index is -0.460. The van der Waals surface area contributed by atoms with Crippen LogP contribution >= 0.6 is 0 Å². The van der Waals surface area contributed by atoms with Crippen LogP contribution in [0.2, 0.25) is 0 Å². The van der Waals surface area contributed by atoms with Crippen LogP contribution in [0.25, 0.3) is 10.8 Å². The van der Waals surface area contributed by atoms with E-state index in [2.05, 4.69) is 10.6 Å². The van der Waals surface area contributed by atoms with E-state index in [1.54, 1.807) is 0 Å². The molecule has 0 radical (unpaired) electrons. The maximum Gasteiger partial charge on any atom is 0.249 e. The van der Waals surface area contributed by atoms with Crippen molar-refractivity contribution < 1.29 is 9.59 Å². The van der Waals surface area contributed by atoms with E-state index < -0.39 is 6.04 Å². The van der Waals surface area contributed by atoms with Gasteiger partial charge < -0.3 is 5.32 Å². The molecule has 0 saturated carbocycles. The molecule has 1 heterocycles. The summed E-state index contributed by atoms with van der Waals surface area (Å²) in [6.45, 7) is 0. The van der Waals surface area contributed by atoms with Crippen LogP contribution < -0.4 is 10.6 Å². The minimum Gasteiger partial charge on any atom is -0.373 e. The number of imide groups is 1. The van der Waals surface area contributed by atoms with E-state index in [-0.39, 0.29) is 18.2 Å². The van der Waals surface area contributed by atoms with Crippen LogP contribution in [0.1, 0.15) is 6.42 Å². The molecule has 0 bridgehead atoms. The maximum absolute atomic E-state index is 11.5. The molecule has 1 unspecified atom stereocenters. The first-order valence-electron chi connectivity index (χ1n) is 5.81. The van der Waals surface area contributed by atoms with Crippen LogP contribution in [0.15, 0.2) is 42.5 Å². The summed E-state index contributed by atoms with van der Waals surface area (Å²) < 4.78 is 0. The smallest absolute Gasteiger partial charge is 0.249 e. The zero-order chi connectivity index (χ0) is 12.5. The van der Waals surface area contributed by atoms with E-state index in [9.17, 15) is 9.59 Å². The fourth-order valence-electron chi connectivity index (χ4n) is 2.15. The van der Waals surface area contributed by atoms with Gasteiger partial charge >= 0.3 is 0 Å². The van der Waals surface area contributed by atoms with E-state index in [0.717, 1.165) is 16.5 Å². The van der Waals surface area contributed by atoms with Crippen LogP contribution in [0, 0.1) is 0 Å². The summed E-state index contributed by atoms with van der Waals surface area (Å²) >= 11 is 0. The number of fused-ring (bicyclic) bond motifs is 1. The van der Waals surface area contributed by atoms with Crippen LogP contribution in [-0.2, 0) is 9.59 Å². The lowest BCUT2D eigenvalue weighted by Crippen LogP contribution is -2.29. The number of carbonyl (C=O) groups is 2. The summed E-state index contributed by atoms with van der Waals surface area (Å²) in [4.78, 5) is 22.6. The Kier molecular flexibility index (Phi) is 2.48. The SMILES string of the molecule is O=C1CC(Nc2ccc3ccccc3c2)C(=O)N1. The highest BCUT2D eigenvalue weighted by molar-refractivity contribution is 6.06. The van der Waals surface area contributed by atoms with Crippen molar-refractivity contribution in [1.82, 2.24) is 5.32 Å². The number of amides is 2. The van der Waals surface area contributed by atoms with Gasteiger partial charge in [0, 0.05) is 5.69 Å². The van der Waals surface area contributed by atoms with E-state index in [4.69, 9.17) is 0 Å². The summed E-state index contributed by atoms with van der Waals surface area (Å²) in [6.07, 6.45) is 0.200. The molecule has 1 atom stereocenters. The Morgan fingerprint density at radius 1 is 1.06 bits per heavy atom. The van der Waals surface area contributed by atoms with E-state index in [0.29, 0.717) is 0 Å². The number of rotatable bonds is 2. The average Bonchev–Trinajstić information content (AvgIpc) is 2.68. The van der Waals surface area contributed by atoms with Gasteiger partial charge in [0.25, 0.3) is 0 Å². The number of hydrogen-bond acceptors (Lipinski definition) is 3. The van der Waals surface area contributed by atoms with E-state index in [1.807, 2.05) is 42.5 Å². The second-order valence-corrected chi connectivity index (χ2v) is 4.38. The van der Waals surface area contributed by atoms with E-state index in [1.165, 1.54) is 0 Å². The molecule has 4 heteroatoms. The highest BCUT2D eigenvalue weighted by Gasteiger charge is 2.30. The van der Waals surface area contributed by atoms with Crippen LogP contribution in [0.5, 0.6) is 0 Å². The molecule has 1 aliphatic rings. The lowest BCUT2D eigenvalue weighted by molar-refractivity contribution is -0.124. The number of anilines is 1. The molecule has 0 aliphatic carbocycles. The van der Waals surface area contributed by atoms with Crippen molar-refractivity contribution in [2.24, 2.45) is 0 Å². The Balaban J connectivity index is 1.87. The highest BCUT2D eigenvalue weighted by Crippen LogP contribution is 2.20. The number of benzene rings is 2. The molecule has 2 aromatic rings. The molecule has 2 aromatic carbocycles. The average molecular weight is 240 g/mol. The standard InChI is InChI=1S/C14H12N2O2/c17-13-8-12(14(18)16-13)15-11-6-5-9-3-1-2-4-10(9)7-11/h1-7,12,15H,8H2,(H,16,17,18). The predicted octanol–water partition coefficient (Wildman–Crippen LogP) is 1.67. The van der Waals surface area contributed by atoms with Gasteiger partial charge in [0.2, 0.25) is 11.8 Å². The van der Waals surface area contributed by atoms with Crippen molar-refractivity contribution in [3.05, 3.63) is 42.5 Å². The van der Waals surface area contributed by atoms with E-state index >= 15 is 0 Å². The summed E-state index contributed by atoms with van der Waals surface area (Å²) in [5.74, 6) is -0.480. The quantitative estimate of drug-likeness (QED) is 0.785. The molecule has 0 spiro atoms. The molecular formula is C14H12N2O2. The molecule has 3 rings (SSSR count). The normalized spacial score (nSPS) is 19.0. The van der Waals surface area contributed by atoms with Crippen molar-refractivity contribution in [3.63, 3.8) is 0 Å². The monoisotopic (exact) mass is 240 g/mol. The molecule has 2 amide bonds. The van der Waals surface area contributed by atoms with Gasteiger partial charge in [-0.2, -0.15) is 0 Å². The van der Waals surface area contributed by atoms with Gasteiger partial charge in [-0.1, -0.05) is 30.3 Å². The van der Waals surface area contributed by atoms with Gasteiger partial charge in [0.1, 0.15) is 6.04 Å². The fraction of sp³-hybridized carbons (Fsp3) is 0.143. The number of carbonyl (C=O) groups excluding carboxylic acids is 2. The first kappa shape index (κ1) is 10.8. The molecule has 4 nitrogen and oxygen atoms in total. The molecule has 90 valence electrons. The van der Waals surface area contributed by atoms with Gasteiger partial charge in [-0.15, -0.1) is 0 Å². The third kappa shape index (κ3) is 1.93. The topological polar surface area (TPSA) is 58.2 Å². The summed E-state index contributed by atoms with van der Waals surface area (Å²) in [5, 5.41) is 7.62. The third-order valence-corrected chi connectivity index (χ3v) is 3.06. The van der Waals surface area contributed by atoms with Crippen LogP contribution in [0.3, 0.4) is 0 Å². The lowest BCUT2D eigenvalue weighted by atomic mass is 10.1. The fourth-order valence-corrected chi connectivity index (χ4v) is 2.15. The second kappa shape index (κ2) is 4.14. The summed E-state index contributed by atoms with van der Waals surface area (Å²) in [5.41, 5.74) is 0.851. The van der Waals surface area contributed by atoms with Crippen molar-refractivity contribution in [2.45, 2.75) is 12.5 Å². The Morgan fingerprint density at radius 3 is 2.56 bits per heavy atom. The Hall–Kier alpha value is -2.36. The lowest BCUT2D eigenvalue weighted by Gasteiger charge is -2.11.